The van der Waals surface area contributed by atoms with Gasteiger partial charge < -0.3 is 29.3 Å². The van der Waals surface area contributed by atoms with Gasteiger partial charge in [0.25, 0.3) is 0 Å². The van der Waals surface area contributed by atoms with E-state index in [2.05, 4.69) is 9.80 Å². The zero-order valence-corrected chi connectivity index (χ0v) is 17.0. The summed E-state index contributed by atoms with van der Waals surface area (Å²) in [5.74, 6) is 1.81. The molecule has 2 N–H and O–H groups in total. The average molecular weight is 423 g/mol. The molecule has 1 saturated heterocycles. The monoisotopic (exact) mass is 422 g/mol. The van der Waals surface area contributed by atoms with Gasteiger partial charge in [-0.15, -0.1) is 12.4 Å². The molecule has 0 aromatic heterocycles. The molecule has 7 nitrogen and oxygen atoms in total. The maximum absolute atomic E-state index is 10.3. The number of nitrogens with zero attached hydrogens (tertiary/aromatic N) is 2. The van der Waals surface area contributed by atoms with Gasteiger partial charge >= 0.3 is 0 Å². The van der Waals surface area contributed by atoms with E-state index in [4.69, 9.17) is 14.2 Å². The van der Waals surface area contributed by atoms with E-state index in [1.807, 2.05) is 36.4 Å². The van der Waals surface area contributed by atoms with Gasteiger partial charge in [-0.3, -0.25) is 4.90 Å². The number of anilines is 1. The van der Waals surface area contributed by atoms with Crippen LogP contribution in [-0.2, 0) is 11.3 Å². The van der Waals surface area contributed by atoms with Crippen LogP contribution in [0.4, 0.5) is 5.69 Å². The fourth-order valence-electron chi connectivity index (χ4n) is 3.60. The van der Waals surface area contributed by atoms with Gasteiger partial charge in [-0.1, -0.05) is 18.2 Å². The molecule has 1 fully saturated rings. The van der Waals surface area contributed by atoms with Crippen LogP contribution in [0.2, 0.25) is 0 Å². The van der Waals surface area contributed by atoms with Crippen LogP contribution in [0.15, 0.2) is 42.5 Å². The Morgan fingerprint density at radius 1 is 1.00 bits per heavy atom. The van der Waals surface area contributed by atoms with Gasteiger partial charge in [0.2, 0.25) is 6.79 Å². The maximum Gasteiger partial charge on any atom is 0.231 e. The SMILES string of the molecule is Cl.Oc1ccccc1N1CCN(CC(O)COCc2ccc3c(c2)OCO3)CC1. The van der Waals surface area contributed by atoms with Crippen molar-refractivity contribution in [1.82, 2.24) is 4.90 Å². The van der Waals surface area contributed by atoms with E-state index in [9.17, 15) is 10.2 Å². The van der Waals surface area contributed by atoms with Crippen molar-refractivity contribution >= 4 is 18.1 Å². The van der Waals surface area contributed by atoms with Gasteiger partial charge in [0.05, 0.1) is 25.0 Å². The number of aliphatic hydroxyl groups is 1. The molecule has 0 spiro atoms. The van der Waals surface area contributed by atoms with Crippen LogP contribution in [-0.4, -0.2) is 67.3 Å². The van der Waals surface area contributed by atoms with Crippen molar-refractivity contribution in [2.45, 2.75) is 12.7 Å². The lowest BCUT2D eigenvalue weighted by Crippen LogP contribution is -2.49. The number of hydrogen-bond acceptors (Lipinski definition) is 7. The van der Waals surface area contributed by atoms with Crippen molar-refractivity contribution in [1.29, 1.82) is 0 Å². The molecule has 2 aromatic rings. The van der Waals surface area contributed by atoms with Gasteiger partial charge in [0, 0.05) is 32.7 Å². The fourth-order valence-corrected chi connectivity index (χ4v) is 3.60. The molecule has 2 aromatic carbocycles. The van der Waals surface area contributed by atoms with E-state index in [0.717, 1.165) is 48.9 Å². The van der Waals surface area contributed by atoms with Crippen molar-refractivity contribution in [3.05, 3.63) is 48.0 Å². The summed E-state index contributed by atoms with van der Waals surface area (Å²) in [5.41, 5.74) is 1.86. The first-order valence-electron chi connectivity index (χ1n) is 9.58. The number of hydrogen-bond donors (Lipinski definition) is 2. The lowest BCUT2D eigenvalue weighted by atomic mass is 10.2. The Kier molecular flexibility index (Phi) is 7.44. The number of piperazine rings is 1. The van der Waals surface area contributed by atoms with Crippen LogP contribution in [0.25, 0.3) is 0 Å². The predicted octanol–water partition coefficient (Wildman–Crippen LogP) is 2.24. The summed E-state index contributed by atoms with van der Waals surface area (Å²) in [6.07, 6.45) is -0.536. The number of phenols is 1. The van der Waals surface area contributed by atoms with Gasteiger partial charge in [0.15, 0.2) is 11.5 Å². The maximum atomic E-state index is 10.3. The van der Waals surface area contributed by atoms with E-state index in [0.29, 0.717) is 18.9 Å². The number of benzene rings is 2. The Morgan fingerprint density at radius 3 is 2.55 bits per heavy atom. The number of para-hydroxylation sites is 2. The number of ether oxygens (including phenoxy) is 3. The molecule has 2 aliphatic rings. The Hall–Kier alpha value is -2.19. The lowest BCUT2D eigenvalue weighted by Gasteiger charge is -2.37. The molecule has 0 saturated carbocycles. The second-order valence-electron chi connectivity index (χ2n) is 7.13. The first-order chi connectivity index (χ1) is 13.7. The number of phenolic OH excluding ortho intramolecular Hbond substituents is 1. The molecule has 2 heterocycles. The number of fused-ring (bicyclic) bond motifs is 1. The number of aliphatic hydroxyl groups excluding tert-OH is 1. The van der Waals surface area contributed by atoms with E-state index in [1.165, 1.54) is 0 Å². The first-order valence-corrected chi connectivity index (χ1v) is 9.58. The number of rotatable bonds is 7. The van der Waals surface area contributed by atoms with Crippen molar-refractivity contribution in [3.8, 4) is 17.2 Å². The van der Waals surface area contributed by atoms with Crippen LogP contribution in [0.5, 0.6) is 17.2 Å². The molecule has 0 amide bonds. The molecule has 1 unspecified atom stereocenters. The summed E-state index contributed by atoms with van der Waals surface area (Å²) in [6, 6.07) is 13.1. The van der Waals surface area contributed by atoms with Gasteiger partial charge in [0.1, 0.15) is 5.75 Å². The highest BCUT2D eigenvalue weighted by atomic mass is 35.5. The summed E-state index contributed by atoms with van der Waals surface area (Å²) < 4.78 is 16.3. The highest BCUT2D eigenvalue weighted by Gasteiger charge is 2.21. The Bertz CT molecular complexity index is 798. The van der Waals surface area contributed by atoms with Gasteiger partial charge in [-0.05, 0) is 29.8 Å². The standard InChI is InChI=1S/C21H26N2O5.ClH/c24-17(14-26-13-16-5-6-20-21(11-16)28-15-27-20)12-22-7-9-23(10-8-22)18-3-1-2-4-19(18)25;/h1-6,11,17,24-25H,7-10,12-15H2;1H. The number of β-amino-alcohol motifs (C(OH)–C–C–N with tert-alkyl or cyclic N) is 1. The van der Waals surface area contributed by atoms with Crippen LogP contribution >= 0.6 is 12.4 Å². The third kappa shape index (κ3) is 5.45. The van der Waals surface area contributed by atoms with E-state index >= 15 is 0 Å². The van der Waals surface area contributed by atoms with Crippen LogP contribution in [0.3, 0.4) is 0 Å². The molecule has 1 atom stereocenters. The molecule has 0 aliphatic carbocycles. The molecule has 0 bridgehead atoms. The molecular weight excluding hydrogens is 396 g/mol. The molecule has 29 heavy (non-hydrogen) atoms. The van der Waals surface area contributed by atoms with Crippen LogP contribution < -0.4 is 14.4 Å². The highest BCUT2D eigenvalue weighted by Crippen LogP contribution is 2.32. The second kappa shape index (κ2) is 10.0. The Morgan fingerprint density at radius 2 is 1.76 bits per heavy atom. The smallest absolute Gasteiger partial charge is 0.231 e. The van der Waals surface area contributed by atoms with Crippen molar-refractivity contribution < 1.29 is 24.4 Å². The third-order valence-corrected chi connectivity index (χ3v) is 5.08. The predicted molar refractivity (Wildman–Crippen MR) is 112 cm³/mol. The summed E-state index contributed by atoms with van der Waals surface area (Å²) in [5, 5.41) is 20.3. The quantitative estimate of drug-likeness (QED) is 0.708. The minimum Gasteiger partial charge on any atom is -0.506 e. The Labute approximate surface area is 176 Å². The minimum atomic E-state index is -0.536. The van der Waals surface area contributed by atoms with Crippen LogP contribution in [0.1, 0.15) is 5.56 Å². The normalized spacial score (nSPS) is 17.1. The van der Waals surface area contributed by atoms with Crippen molar-refractivity contribution in [3.63, 3.8) is 0 Å². The third-order valence-electron chi connectivity index (χ3n) is 5.08. The molecule has 2 aliphatic heterocycles. The minimum absolute atomic E-state index is 0. The zero-order valence-electron chi connectivity index (χ0n) is 16.2. The van der Waals surface area contributed by atoms with E-state index in [-0.39, 0.29) is 25.8 Å². The van der Waals surface area contributed by atoms with Crippen LogP contribution in [0, 0.1) is 0 Å². The molecule has 0 radical (unpaired) electrons. The number of halogens is 1. The Balaban J connectivity index is 0.00000240. The van der Waals surface area contributed by atoms with Crippen molar-refractivity contribution in [2.75, 3.05) is 51.0 Å². The summed E-state index contributed by atoms with van der Waals surface area (Å²) in [6.45, 7) is 4.87. The van der Waals surface area contributed by atoms with Crippen molar-refractivity contribution in [2.24, 2.45) is 0 Å². The average Bonchev–Trinajstić information content (AvgIpc) is 3.17. The molecule has 4 rings (SSSR count). The topological polar surface area (TPSA) is 74.6 Å². The van der Waals surface area contributed by atoms with Gasteiger partial charge in [-0.25, -0.2) is 0 Å². The summed E-state index contributed by atoms with van der Waals surface area (Å²) >= 11 is 0. The summed E-state index contributed by atoms with van der Waals surface area (Å²) in [4.78, 5) is 4.40. The fraction of sp³-hybridized carbons (Fsp3) is 0.429. The molecule has 8 heteroatoms. The molecule has 158 valence electrons. The second-order valence-corrected chi connectivity index (χ2v) is 7.13. The summed E-state index contributed by atoms with van der Waals surface area (Å²) in [7, 11) is 0. The van der Waals surface area contributed by atoms with E-state index in [1.54, 1.807) is 6.07 Å². The van der Waals surface area contributed by atoms with E-state index < -0.39 is 6.10 Å². The highest BCUT2D eigenvalue weighted by molar-refractivity contribution is 5.85. The lowest BCUT2D eigenvalue weighted by molar-refractivity contribution is 0.00910. The van der Waals surface area contributed by atoms with Gasteiger partial charge in [-0.2, -0.15) is 0 Å². The number of aromatic hydroxyl groups is 1. The first kappa shape index (κ1) is 21.5. The largest absolute Gasteiger partial charge is 0.506 e. The molecular formula is C21H27ClN2O5. The zero-order chi connectivity index (χ0) is 19.3.